The van der Waals surface area contributed by atoms with E-state index >= 15 is 0 Å². The van der Waals surface area contributed by atoms with Crippen LogP contribution in [0.2, 0.25) is 0 Å². The van der Waals surface area contributed by atoms with Crippen LogP contribution in [0, 0.1) is 5.92 Å². The van der Waals surface area contributed by atoms with E-state index in [2.05, 4.69) is 10.3 Å². The highest BCUT2D eigenvalue weighted by atomic mass is 16.7. The van der Waals surface area contributed by atoms with E-state index < -0.39 is 24.3 Å². The summed E-state index contributed by atoms with van der Waals surface area (Å²) in [5.41, 5.74) is 0.880. The van der Waals surface area contributed by atoms with Gasteiger partial charge in [0.15, 0.2) is 6.23 Å². The van der Waals surface area contributed by atoms with E-state index in [1.54, 1.807) is 13.8 Å². The van der Waals surface area contributed by atoms with Crippen molar-refractivity contribution < 1.29 is 23.9 Å². The van der Waals surface area contributed by atoms with Gasteiger partial charge in [-0.1, -0.05) is 44.2 Å². The zero-order valence-electron chi connectivity index (χ0n) is 16.3. The van der Waals surface area contributed by atoms with Crippen LogP contribution < -0.4 is 5.32 Å². The van der Waals surface area contributed by atoms with Crippen LogP contribution in [0.1, 0.15) is 40.2 Å². The molecule has 2 rings (SSSR count). The zero-order chi connectivity index (χ0) is 20.0. The molecule has 27 heavy (non-hydrogen) atoms. The van der Waals surface area contributed by atoms with Crippen molar-refractivity contribution in [2.75, 3.05) is 0 Å². The van der Waals surface area contributed by atoms with Gasteiger partial charge in [0.05, 0.1) is 6.04 Å². The maximum atomic E-state index is 12.3. The molecular formula is C19H27N3O5. The molecule has 1 N–H and O–H groups in total. The molecule has 1 heterocycles. The van der Waals surface area contributed by atoms with Gasteiger partial charge in [-0.05, 0) is 25.3 Å². The zero-order valence-corrected chi connectivity index (χ0v) is 16.3. The second-order valence-electron chi connectivity index (χ2n) is 6.68. The Bertz CT molecular complexity index is 677. The number of hydrogen-bond donors (Lipinski definition) is 1. The number of carbonyl (C=O) groups is 2. The number of alkyl carbamates (subject to hydrolysis) is 1. The largest absolute Gasteiger partial charge is 0.445 e. The van der Waals surface area contributed by atoms with Gasteiger partial charge in [0.2, 0.25) is 6.23 Å². The van der Waals surface area contributed by atoms with Crippen molar-refractivity contribution in [2.24, 2.45) is 10.9 Å². The molecule has 8 nitrogen and oxygen atoms in total. The van der Waals surface area contributed by atoms with Gasteiger partial charge < -0.3 is 14.8 Å². The average Bonchev–Trinajstić information content (AvgIpc) is 2.94. The smallest absolute Gasteiger partial charge is 0.407 e. The summed E-state index contributed by atoms with van der Waals surface area (Å²) in [5, 5.41) is 4.21. The van der Waals surface area contributed by atoms with Gasteiger partial charge in [-0.15, -0.1) is 0 Å². The maximum Gasteiger partial charge on any atom is 0.407 e. The third kappa shape index (κ3) is 5.96. The van der Waals surface area contributed by atoms with Crippen molar-refractivity contribution in [3.8, 4) is 0 Å². The highest BCUT2D eigenvalue weighted by Crippen LogP contribution is 2.21. The van der Waals surface area contributed by atoms with Crippen LogP contribution in [-0.2, 0) is 25.7 Å². The molecule has 0 aromatic heterocycles. The topological polar surface area (TPSA) is 89.5 Å². The van der Waals surface area contributed by atoms with E-state index in [4.69, 9.17) is 14.3 Å². The predicted octanol–water partition coefficient (Wildman–Crippen LogP) is 2.84. The molecule has 0 radical (unpaired) electrons. The SMILES string of the molecule is CC(=O)OC([C@@H](NC(=O)OCc1ccccc1)C(C)C)N1OC(C)N=C1C. The Morgan fingerprint density at radius 2 is 1.96 bits per heavy atom. The second kappa shape index (κ2) is 9.36. The molecular weight excluding hydrogens is 350 g/mol. The third-order valence-electron chi connectivity index (χ3n) is 3.99. The molecule has 0 aliphatic carbocycles. The number of amides is 1. The summed E-state index contributed by atoms with van der Waals surface area (Å²) in [4.78, 5) is 33.9. The second-order valence-corrected chi connectivity index (χ2v) is 6.68. The number of amidine groups is 1. The molecule has 1 amide bonds. The Hall–Kier alpha value is -2.61. The average molecular weight is 377 g/mol. The number of aliphatic imine (C=N–C) groups is 1. The van der Waals surface area contributed by atoms with E-state index in [1.165, 1.54) is 12.0 Å². The first kappa shape index (κ1) is 20.7. The van der Waals surface area contributed by atoms with Gasteiger partial charge in [-0.3, -0.25) is 4.79 Å². The molecule has 0 bridgehead atoms. The molecule has 1 aliphatic rings. The van der Waals surface area contributed by atoms with Crippen molar-refractivity contribution in [1.29, 1.82) is 0 Å². The Balaban J connectivity index is 2.08. The highest BCUT2D eigenvalue weighted by molar-refractivity contribution is 5.80. The fraction of sp³-hybridized carbons (Fsp3) is 0.526. The molecule has 0 fully saturated rings. The Kier molecular flexibility index (Phi) is 7.18. The molecule has 2 unspecified atom stereocenters. The lowest BCUT2D eigenvalue weighted by molar-refractivity contribution is -0.222. The van der Waals surface area contributed by atoms with Gasteiger partial charge in [0.1, 0.15) is 12.4 Å². The number of ether oxygens (including phenoxy) is 2. The summed E-state index contributed by atoms with van der Waals surface area (Å²) >= 11 is 0. The lowest BCUT2D eigenvalue weighted by Gasteiger charge is -2.35. The molecule has 1 aliphatic heterocycles. The molecule has 148 valence electrons. The fourth-order valence-corrected chi connectivity index (χ4v) is 2.73. The van der Waals surface area contributed by atoms with Crippen LogP contribution in [-0.4, -0.2) is 41.5 Å². The summed E-state index contributed by atoms with van der Waals surface area (Å²) in [6.45, 7) is 8.80. The number of nitrogens with one attached hydrogen (secondary N) is 1. The monoisotopic (exact) mass is 377 g/mol. The Morgan fingerprint density at radius 1 is 1.30 bits per heavy atom. The van der Waals surface area contributed by atoms with Crippen LogP contribution in [0.25, 0.3) is 0 Å². The van der Waals surface area contributed by atoms with Crippen LogP contribution in [0.4, 0.5) is 4.79 Å². The molecule has 0 saturated heterocycles. The van der Waals surface area contributed by atoms with Gasteiger partial charge >= 0.3 is 12.1 Å². The van der Waals surface area contributed by atoms with Gasteiger partial charge in [-0.2, -0.15) is 5.06 Å². The first-order valence-corrected chi connectivity index (χ1v) is 8.92. The van der Waals surface area contributed by atoms with Crippen LogP contribution in [0.3, 0.4) is 0 Å². The molecule has 0 saturated carbocycles. The number of benzene rings is 1. The van der Waals surface area contributed by atoms with Crippen LogP contribution in [0.5, 0.6) is 0 Å². The van der Waals surface area contributed by atoms with Crippen LogP contribution >= 0.6 is 0 Å². The molecule has 3 atom stereocenters. The van der Waals surface area contributed by atoms with Gasteiger partial charge in [-0.25, -0.2) is 14.6 Å². The van der Waals surface area contributed by atoms with Gasteiger partial charge in [0.25, 0.3) is 0 Å². The lowest BCUT2D eigenvalue weighted by Crippen LogP contribution is -2.56. The lowest BCUT2D eigenvalue weighted by atomic mass is 10.0. The standard InChI is InChI=1S/C19H27N3O5/c1-12(2)17(21-19(24)25-11-16-9-7-6-8-10-16)18(26-15(5)23)22-13(3)20-14(4)27-22/h6-10,12,14,17-18H,11H2,1-5H3,(H,21,24)/t14?,17-,18?/m0/s1. The van der Waals surface area contributed by atoms with Crippen LogP contribution in [0.15, 0.2) is 35.3 Å². The van der Waals surface area contributed by atoms with Gasteiger partial charge in [0, 0.05) is 6.92 Å². The normalized spacial score (nSPS) is 18.7. The van der Waals surface area contributed by atoms with Crippen molar-refractivity contribution in [2.45, 2.75) is 59.7 Å². The van der Waals surface area contributed by atoms with Crippen molar-refractivity contribution in [3.05, 3.63) is 35.9 Å². The van der Waals surface area contributed by atoms with E-state index in [9.17, 15) is 9.59 Å². The Morgan fingerprint density at radius 3 is 2.48 bits per heavy atom. The molecule has 8 heteroatoms. The number of rotatable bonds is 7. The highest BCUT2D eigenvalue weighted by Gasteiger charge is 2.38. The van der Waals surface area contributed by atoms with E-state index in [0.717, 1.165) is 5.56 Å². The third-order valence-corrected chi connectivity index (χ3v) is 3.99. The molecule has 0 spiro atoms. The molecule has 1 aromatic rings. The van der Waals surface area contributed by atoms with E-state index in [0.29, 0.717) is 5.84 Å². The van der Waals surface area contributed by atoms with E-state index in [1.807, 2.05) is 44.2 Å². The van der Waals surface area contributed by atoms with Crippen molar-refractivity contribution in [3.63, 3.8) is 0 Å². The minimum atomic E-state index is -0.861. The Labute approximate surface area is 159 Å². The first-order chi connectivity index (χ1) is 12.8. The summed E-state index contributed by atoms with van der Waals surface area (Å²) in [6, 6.07) is 8.81. The predicted molar refractivity (Wildman–Crippen MR) is 99.4 cm³/mol. The van der Waals surface area contributed by atoms with Crippen molar-refractivity contribution in [1.82, 2.24) is 10.4 Å². The number of hydroxylamine groups is 2. The maximum absolute atomic E-state index is 12.3. The minimum absolute atomic E-state index is 0.0640. The number of hydrogen-bond acceptors (Lipinski definition) is 7. The number of esters is 1. The summed E-state index contributed by atoms with van der Waals surface area (Å²) < 4.78 is 10.7. The summed E-state index contributed by atoms with van der Waals surface area (Å²) in [7, 11) is 0. The van der Waals surface area contributed by atoms with Crippen molar-refractivity contribution >= 4 is 17.9 Å². The minimum Gasteiger partial charge on any atom is -0.445 e. The van der Waals surface area contributed by atoms with E-state index in [-0.39, 0.29) is 18.8 Å². The quantitative estimate of drug-likeness (QED) is 0.735. The first-order valence-electron chi connectivity index (χ1n) is 8.92. The fourth-order valence-electron chi connectivity index (χ4n) is 2.73. The number of carbonyl (C=O) groups excluding carboxylic acids is 2. The molecule has 1 aromatic carbocycles. The summed E-state index contributed by atoms with van der Waals surface area (Å²) in [6.07, 6.45) is -1.85. The summed E-state index contributed by atoms with van der Waals surface area (Å²) in [5.74, 6) is 0.0193. The number of nitrogens with zero attached hydrogens (tertiary/aromatic N) is 2.